The molecule has 0 radical (unpaired) electrons. The van der Waals surface area contributed by atoms with E-state index in [1.54, 1.807) is 20.8 Å². The molecule has 2 unspecified atom stereocenters. The molecule has 1 saturated heterocycles. The van der Waals surface area contributed by atoms with Crippen LogP contribution >= 0.6 is 11.8 Å². The molecule has 146 valence electrons. The number of hydrogen-bond acceptors (Lipinski definition) is 6. The third-order valence-electron chi connectivity index (χ3n) is 3.42. The molecule has 0 spiro atoms. The molecule has 2 N–H and O–H groups in total. The Bertz CT molecular complexity index is 439. The number of alkyl carbamates (subject to hydrolysis) is 1. The fourth-order valence-electron chi connectivity index (χ4n) is 2.51. The molecule has 0 aromatic rings. The van der Waals surface area contributed by atoms with Gasteiger partial charge in [0.1, 0.15) is 11.6 Å². The third-order valence-corrected chi connectivity index (χ3v) is 4.60. The van der Waals surface area contributed by atoms with Gasteiger partial charge in [-0.2, -0.15) is 11.8 Å². The SMILES string of the molecule is CC(C)CN1CCOC(CSCC(NC(=O)OC(C)(C)C)C(=O)O)C1. The van der Waals surface area contributed by atoms with Gasteiger partial charge in [-0.3, -0.25) is 4.90 Å². The van der Waals surface area contributed by atoms with E-state index in [9.17, 15) is 14.7 Å². The summed E-state index contributed by atoms with van der Waals surface area (Å²) in [7, 11) is 0. The van der Waals surface area contributed by atoms with E-state index in [2.05, 4.69) is 24.1 Å². The van der Waals surface area contributed by atoms with Gasteiger partial charge >= 0.3 is 12.1 Å². The molecule has 1 fully saturated rings. The smallest absolute Gasteiger partial charge is 0.408 e. The second-order valence-electron chi connectivity index (χ2n) is 7.72. The van der Waals surface area contributed by atoms with Gasteiger partial charge in [-0.15, -0.1) is 0 Å². The van der Waals surface area contributed by atoms with Crippen LogP contribution in [0.4, 0.5) is 4.79 Å². The Kier molecular flexibility index (Phi) is 9.02. The van der Waals surface area contributed by atoms with Crippen molar-refractivity contribution in [3.05, 3.63) is 0 Å². The molecule has 2 atom stereocenters. The molecule has 1 aliphatic heterocycles. The van der Waals surface area contributed by atoms with Crippen molar-refractivity contribution in [3.63, 3.8) is 0 Å². The van der Waals surface area contributed by atoms with Gasteiger partial charge < -0.3 is 19.9 Å². The Balaban J connectivity index is 2.37. The first-order valence-corrected chi connectivity index (χ1v) is 9.86. The number of nitrogens with zero attached hydrogens (tertiary/aromatic N) is 1. The first-order chi connectivity index (χ1) is 11.6. The van der Waals surface area contributed by atoms with Crippen LogP contribution in [0.5, 0.6) is 0 Å². The number of carboxylic acid groups (broad SMARTS) is 1. The lowest BCUT2D eigenvalue weighted by Crippen LogP contribution is -2.46. The van der Waals surface area contributed by atoms with E-state index in [-0.39, 0.29) is 11.9 Å². The molecule has 7 nitrogen and oxygen atoms in total. The predicted molar refractivity (Wildman–Crippen MR) is 99.1 cm³/mol. The van der Waals surface area contributed by atoms with Crippen molar-refractivity contribution in [2.45, 2.75) is 52.4 Å². The van der Waals surface area contributed by atoms with Crippen LogP contribution in [0.1, 0.15) is 34.6 Å². The number of carbonyl (C=O) groups is 2. The van der Waals surface area contributed by atoms with Crippen LogP contribution < -0.4 is 5.32 Å². The number of thioether (sulfide) groups is 1. The largest absolute Gasteiger partial charge is 0.480 e. The number of ether oxygens (including phenoxy) is 2. The third kappa shape index (κ3) is 9.91. The minimum atomic E-state index is -1.07. The average Bonchev–Trinajstić information content (AvgIpc) is 2.43. The van der Waals surface area contributed by atoms with Crippen LogP contribution in [0.3, 0.4) is 0 Å². The molecular formula is C17H32N2O5S. The lowest BCUT2D eigenvalue weighted by molar-refractivity contribution is -0.138. The van der Waals surface area contributed by atoms with Crippen LogP contribution in [0.25, 0.3) is 0 Å². The molecule has 0 bridgehead atoms. The van der Waals surface area contributed by atoms with Gasteiger partial charge in [0.15, 0.2) is 0 Å². The van der Waals surface area contributed by atoms with Crippen molar-refractivity contribution in [1.29, 1.82) is 0 Å². The van der Waals surface area contributed by atoms with E-state index in [1.165, 1.54) is 11.8 Å². The normalized spacial score (nSPS) is 20.3. The number of amides is 1. The zero-order valence-electron chi connectivity index (χ0n) is 15.9. The van der Waals surface area contributed by atoms with E-state index < -0.39 is 23.7 Å². The molecule has 1 amide bonds. The molecule has 8 heteroatoms. The standard InChI is InChI=1S/C17H32N2O5S/c1-12(2)8-19-6-7-23-13(9-19)10-25-11-14(15(20)21)18-16(22)24-17(3,4)5/h12-14H,6-11H2,1-5H3,(H,18,22)(H,20,21). The Morgan fingerprint density at radius 3 is 2.64 bits per heavy atom. The summed E-state index contributed by atoms with van der Waals surface area (Å²) >= 11 is 1.47. The summed E-state index contributed by atoms with van der Waals surface area (Å²) in [5.74, 6) is 0.526. The van der Waals surface area contributed by atoms with Gasteiger partial charge in [0.25, 0.3) is 0 Å². The lowest BCUT2D eigenvalue weighted by Gasteiger charge is -2.33. The van der Waals surface area contributed by atoms with E-state index in [1.807, 2.05) is 0 Å². The Morgan fingerprint density at radius 2 is 2.08 bits per heavy atom. The van der Waals surface area contributed by atoms with Crippen LogP contribution in [-0.2, 0) is 14.3 Å². The van der Waals surface area contributed by atoms with Crippen LogP contribution in [-0.4, -0.2) is 77.6 Å². The summed E-state index contributed by atoms with van der Waals surface area (Å²) < 4.78 is 10.9. The van der Waals surface area contributed by atoms with Gasteiger partial charge in [0.2, 0.25) is 0 Å². The lowest BCUT2D eigenvalue weighted by atomic mass is 10.2. The maximum absolute atomic E-state index is 11.7. The molecule has 0 aromatic heterocycles. The highest BCUT2D eigenvalue weighted by atomic mass is 32.2. The highest BCUT2D eigenvalue weighted by molar-refractivity contribution is 7.99. The van der Waals surface area contributed by atoms with Crippen LogP contribution in [0.2, 0.25) is 0 Å². The number of aliphatic carboxylic acids is 1. The monoisotopic (exact) mass is 376 g/mol. The Morgan fingerprint density at radius 1 is 1.40 bits per heavy atom. The quantitative estimate of drug-likeness (QED) is 0.670. The van der Waals surface area contributed by atoms with Gasteiger partial charge in [0.05, 0.1) is 12.7 Å². The highest BCUT2D eigenvalue weighted by Crippen LogP contribution is 2.14. The first kappa shape index (κ1) is 22.1. The van der Waals surface area contributed by atoms with Crippen molar-refractivity contribution < 1.29 is 24.2 Å². The molecule has 0 aromatic carbocycles. The number of carboxylic acids is 1. The zero-order chi connectivity index (χ0) is 19.0. The van der Waals surface area contributed by atoms with Gasteiger partial charge in [0, 0.05) is 31.1 Å². The van der Waals surface area contributed by atoms with Crippen molar-refractivity contribution in [3.8, 4) is 0 Å². The average molecular weight is 377 g/mol. The highest BCUT2D eigenvalue weighted by Gasteiger charge is 2.25. The summed E-state index contributed by atoms with van der Waals surface area (Å²) in [5, 5.41) is 11.7. The fourth-order valence-corrected chi connectivity index (χ4v) is 3.57. The van der Waals surface area contributed by atoms with Gasteiger partial charge in [-0.25, -0.2) is 9.59 Å². The minimum absolute atomic E-state index is 0.0912. The van der Waals surface area contributed by atoms with Crippen LogP contribution in [0.15, 0.2) is 0 Å². The molecule has 0 aliphatic carbocycles. The minimum Gasteiger partial charge on any atom is -0.480 e. The summed E-state index contributed by atoms with van der Waals surface area (Å²) in [4.78, 5) is 25.5. The summed E-state index contributed by atoms with van der Waals surface area (Å²) in [6, 6.07) is -0.977. The predicted octanol–water partition coefficient (Wildman–Crippen LogP) is 2.05. The van der Waals surface area contributed by atoms with Crippen molar-refractivity contribution in [1.82, 2.24) is 10.2 Å². The maximum atomic E-state index is 11.7. The Hall–Kier alpha value is -0.990. The van der Waals surface area contributed by atoms with Crippen molar-refractivity contribution in [2.24, 2.45) is 5.92 Å². The second kappa shape index (κ2) is 10.2. The summed E-state index contributed by atoms with van der Waals surface area (Å²) in [5.41, 5.74) is -0.657. The number of carbonyl (C=O) groups excluding carboxylic acids is 1. The van der Waals surface area contributed by atoms with Crippen molar-refractivity contribution >= 4 is 23.8 Å². The zero-order valence-corrected chi connectivity index (χ0v) is 16.7. The van der Waals surface area contributed by atoms with Gasteiger partial charge in [-0.1, -0.05) is 13.8 Å². The number of rotatable bonds is 8. The van der Waals surface area contributed by atoms with E-state index in [0.29, 0.717) is 18.3 Å². The first-order valence-electron chi connectivity index (χ1n) is 8.71. The molecule has 25 heavy (non-hydrogen) atoms. The number of hydrogen-bond donors (Lipinski definition) is 2. The molecule has 1 aliphatic rings. The van der Waals surface area contributed by atoms with Crippen molar-refractivity contribution in [2.75, 3.05) is 37.7 Å². The second-order valence-corrected chi connectivity index (χ2v) is 8.80. The van der Waals surface area contributed by atoms with Gasteiger partial charge in [-0.05, 0) is 26.7 Å². The number of nitrogens with one attached hydrogen (secondary N) is 1. The molecule has 0 saturated carbocycles. The van der Waals surface area contributed by atoms with E-state index in [0.717, 1.165) is 19.6 Å². The molecule has 1 rings (SSSR count). The summed E-state index contributed by atoms with van der Waals surface area (Å²) in [6.45, 7) is 13.2. The van der Waals surface area contributed by atoms with E-state index in [4.69, 9.17) is 9.47 Å². The number of morpholine rings is 1. The Labute approximate surface area is 154 Å². The summed E-state index contributed by atoms with van der Waals surface area (Å²) in [6.07, 6.45) is -0.619. The van der Waals surface area contributed by atoms with E-state index >= 15 is 0 Å². The topological polar surface area (TPSA) is 88.1 Å². The maximum Gasteiger partial charge on any atom is 0.408 e. The fraction of sp³-hybridized carbons (Fsp3) is 0.882. The molecule has 1 heterocycles. The van der Waals surface area contributed by atoms with Crippen LogP contribution in [0, 0.1) is 5.92 Å². The molecular weight excluding hydrogens is 344 g/mol.